The molecule has 0 aromatic heterocycles. The topological polar surface area (TPSA) is 38.5 Å². The fourth-order valence-corrected chi connectivity index (χ4v) is 2.73. The Labute approximate surface area is 136 Å². The molecular weight excluding hydrogens is 298 g/mol. The molecule has 0 radical (unpaired) electrons. The lowest BCUT2D eigenvalue weighted by Gasteiger charge is -2.35. The fourth-order valence-electron chi connectivity index (χ4n) is 2.73. The van der Waals surface area contributed by atoms with Crippen LogP contribution in [0.4, 0.5) is 8.78 Å². The molecule has 1 fully saturated rings. The molecule has 1 aliphatic heterocycles. The quantitative estimate of drug-likeness (QED) is 0.643. The Bertz CT molecular complexity index is 601. The van der Waals surface area contributed by atoms with Gasteiger partial charge in [-0.25, -0.2) is 4.39 Å². The van der Waals surface area contributed by atoms with Crippen LogP contribution in [0, 0.1) is 17.7 Å². The molecule has 0 unspecified atom stereocenters. The number of benzene rings is 1. The Kier molecular flexibility index (Phi) is 5.77. The summed E-state index contributed by atoms with van der Waals surface area (Å²) >= 11 is 0. The normalized spacial score (nSPS) is 17.5. The maximum Gasteiger partial charge on any atom is 0.184 e. The summed E-state index contributed by atoms with van der Waals surface area (Å²) in [5.41, 5.74) is 6.54. The van der Waals surface area contributed by atoms with E-state index in [4.69, 9.17) is 10.5 Å². The van der Waals surface area contributed by atoms with Crippen LogP contribution in [0.25, 0.3) is 5.57 Å². The lowest BCUT2D eigenvalue weighted by molar-refractivity contribution is 0.0841. The summed E-state index contributed by atoms with van der Waals surface area (Å²) in [5.74, 6) is -0.343. The van der Waals surface area contributed by atoms with Crippen molar-refractivity contribution in [1.82, 2.24) is 4.90 Å². The molecule has 1 heterocycles. The van der Waals surface area contributed by atoms with Gasteiger partial charge in [0, 0.05) is 19.0 Å². The van der Waals surface area contributed by atoms with E-state index in [-0.39, 0.29) is 11.7 Å². The number of allylic oxidation sites excluding steroid dienone is 3. The molecule has 5 heteroatoms. The first-order valence-corrected chi connectivity index (χ1v) is 7.81. The van der Waals surface area contributed by atoms with Crippen LogP contribution in [0.2, 0.25) is 0 Å². The zero-order valence-corrected chi connectivity index (χ0v) is 13.9. The maximum absolute atomic E-state index is 14.2. The fraction of sp³-hybridized carbons (Fsp3) is 0.444. The summed E-state index contributed by atoms with van der Waals surface area (Å²) in [4.78, 5) is 2.19. The van der Waals surface area contributed by atoms with Crippen molar-refractivity contribution in [2.45, 2.75) is 13.8 Å². The number of rotatable bonds is 6. The minimum atomic E-state index is -0.769. The van der Waals surface area contributed by atoms with Gasteiger partial charge in [-0.15, -0.1) is 0 Å². The maximum atomic E-state index is 14.2. The van der Waals surface area contributed by atoms with Crippen molar-refractivity contribution in [2.24, 2.45) is 17.6 Å². The van der Waals surface area contributed by atoms with E-state index in [9.17, 15) is 8.78 Å². The monoisotopic (exact) mass is 322 g/mol. The van der Waals surface area contributed by atoms with E-state index in [1.165, 1.54) is 12.1 Å². The van der Waals surface area contributed by atoms with Crippen molar-refractivity contribution in [2.75, 3.05) is 26.7 Å². The van der Waals surface area contributed by atoms with Gasteiger partial charge in [-0.3, -0.25) is 0 Å². The first-order chi connectivity index (χ1) is 10.9. The lowest BCUT2D eigenvalue weighted by atomic mass is 9.94. The first kappa shape index (κ1) is 17.5. The van der Waals surface area contributed by atoms with E-state index >= 15 is 0 Å². The molecule has 0 amide bonds. The first-order valence-electron chi connectivity index (χ1n) is 7.81. The summed E-state index contributed by atoms with van der Waals surface area (Å²) in [6.07, 6.45) is 2.77. The zero-order chi connectivity index (χ0) is 17.0. The van der Waals surface area contributed by atoms with Crippen LogP contribution >= 0.6 is 0 Å². The number of nitrogens with two attached hydrogens (primary N) is 1. The minimum absolute atomic E-state index is 0.113. The lowest BCUT2D eigenvalue weighted by Crippen LogP contribution is -2.46. The molecule has 1 aromatic rings. The Hall–Kier alpha value is -1.88. The Balaban J connectivity index is 2.10. The molecule has 1 saturated heterocycles. The third-order valence-corrected chi connectivity index (χ3v) is 3.92. The number of likely N-dealkylation sites (tertiary alicyclic amines) is 1. The van der Waals surface area contributed by atoms with Gasteiger partial charge in [-0.1, -0.05) is 26.0 Å². The predicted molar refractivity (Wildman–Crippen MR) is 89.1 cm³/mol. The molecule has 0 atom stereocenters. The van der Waals surface area contributed by atoms with Gasteiger partial charge in [0.05, 0.1) is 6.61 Å². The third-order valence-electron chi connectivity index (χ3n) is 3.92. The summed E-state index contributed by atoms with van der Waals surface area (Å²) < 4.78 is 32.5. The molecule has 126 valence electrons. The second-order valence-corrected chi connectivity index (χ2v) is 6.37. The molecule has 2 N–H and O–H groups in total. The number of ether oxygens (including phenoxy) is 1. The standard InChI is InChI=1S/C18H24F2N2O/c1-12(2)15(5-7-18(20)21)14-4-6-17(16(19)8-14)23-11-13-9-22(3)10-13/h4-8,12-13H,9-11,21H2,1-3H3/b15-5+,18-7-. The second-order valence-electron chi connectivity index (χ2n) is 6.37. The van der Waals surface area contributed by atoms with Crippen LogP contribution in [0.1, 0.15) is 19.4 Å². The van der Waals surface area contributed by atoms with Crippen molar-refractivity contribution in [3.8, 4) is 5.75 Å². The smallest absolute Gasteiger partial charge is 0.184 e. The molecule has 0 saturated carbocycles. The van der Waals surface area contributed by atoms with Gasteiger partial charge >= 0.3 is 0 Å². The second kappa shape index (κ2) is 7.59. The average Bonchev–Trinajstić information content (AvgIpc) is 2.43. The minimum Gasteiger partial charge on any atom is -0.490 e. The molecule has 0 spiro atoms. The zero-order valence-electron chi connectivity index (χ0n) is 13.9. The van der Waals surface area contributed by atoms with Crippen LogP contribution in [0.5, 0.6) is 5.75 Å². The van der Waals surface area contributed by atoms with E-state index in [0.29, 0.717) is 18.1 Å². The van der Waals surface area contributed by atoms with Gasteiger partial charge in [0.15, 0.2) is 17.5 Å². The largest absolute Gasteiger partial charge is 0.490 e. The van der Waals surface area contributed by atoms with Crippen molar-refractivity contribution >= 4 is 5.57 Å². The van der Waals surface area contributed by atoms with Gasteiger partial charge < -0.3 is 15.4 Å². The Morgan fingerprint density at radius 2 is 2.09 bits per heavy atom. The molecule has 1 aliphatic rings. The highest BCUT2D eigenvalue weighted by Crippen LogP contribution is 2.28. The molecule has 1 aromatic carbocycles. The van der Waals surface area contributed by atoms with E-state index < -0.39 is 11.8 Å². The van der Waals surface area contributed by atoms with Crippen molar-refractivity contribution < 1.29 is 13.5 Å². The summed E-state index contributed by atoms with van der Waals surface area (Å²) in [6, 6.07) is 4.85. The van der Waals surface area contributed by atoms with Gasteiger partial charge in [0.1, 0.15) is 0 Å². The molecule has 3 nitrogen and oxygen atoms in total. The number of nitrogens with zero attached hydrogens (tertiary/aromatic N) is 1. The van der Waals surface area contributed by atoms with E-state index in [2.05, 4.69) is 4.90 Å². The van der Waals surface area contributed by atoms with E-state index in [0.717, 1.165) is 18.7 Å². The van der Waals surface area contributed by atoms with Crippen LogP contribution in [0.3, 0.4) is 0 Å². The van der Waals surface area contributed by atoms with E-state index in [1.807, 2.05) is 20.9 Å². The Morgan fingerprint density at radius 3 is 2.61 bits per heavy atom. The molecule has 2 rings (SSSR count). The summed E-state index contributed by atoms with van der Waals surface area (Å²) in [6.45, 7) is 6.41. The van der Waals surface area contributed by atoms with Crippen LogP contribution < -0.4 is 10.5 Å². The van der Waals surface area contributed by atoms with Crippen molar-refractivity contribution in [3.63, 3.8) is 0 Å². The number of halogens is 2. The molecule has 0 bridgehead atoms. The third kappa shape index (κ3) is 4.79. The number of hydrogen-bond acceptors (Lipinski definition) is 3. The van der Waals surface area contributed by atoms with Gasteiger partial charge in [-0.05, 0) is 42.3 Å². The summed E-state index contributed by atoms with van der Waals surface area (Å²) in [5, 5.41) is 0. The van der Waals surface area contributed by atoms with Crippen LogP contribution in [-0.4, -0.2) is 31.6 Å². The van der Waals surface area contributed by atoms with Gasteiger partial charge in [0.2, 0.25) is 0 Å². The average molecular weight is 322 g/mol. The van der Waals surface area contributed by atoms with Crippen molar-refractivity contribution in [1.29, 1.82) is 0 Å². The summed E-state index contributed by atoms with van der Waals surface area (Å²) in [7, 11) is 2.05. The van der Waals surface area contributed by atoms with E-state index in [1.54, 1.807) is 18.2 Å². The number of hydrogen-bond donors (Lipinski definition) is 1. The van der Waals surface area contributed by atoms with Gasteiger partial charge in [0.25, 0.3) is 0 Å². The predicted octanol–water partition coefficient (Wildman–Crippen LogP) is 3.58. The van der Waals surface area contributed by atoms with Crippen molar-refractivity contribution in [3.05, 3.63) is 47.7 Å². The van der Waals surface area contributed by atoms with Crippen LogP contribution in [-0.2, 0) is 0 Å². The van der Waals surface area contributed by atoms with Gasteiger partial charge in [-0.2, -0.15) is 4.39 Å². The highest BCUT2D eigenvalue weighted by atomic mass is 19.1. The SMILES string of the molecule is CC(C)/C(=C\C=C(/N)F)c1ccc(OCC2CN(C)C2)c(F)c1. The highest BCUT2D eigenvalue weighted by molar-refractivity contribution is 5.69. The van der Waals surface area contributed by atoms with Crippen LogP contribution in [0.15, 0.2) is 36.3 Å². The molecule has 23 heavy (non-hydrogen) atoms. The molecule has 0 aliphatic carbocycles. The molecular formula is C18H24F2N2O. The Morgan fingerprint density at radius 1 is 1.39 bits per heavy atom. The highest BCUT2D eigenvalue weighted by Gasteiger charge is 2.24.